The van der Waals surface area contributed by atoms with Crippen molar-refractivity contribution in [2.24, 2.45) is 0 Å². The second-order valence-corrected chi connectivity index (χ2v) is 6.11. The van der Waals surface area contributed by atoms with Gasteiger partial charge in [0.15, 0.2) is 0 Å². The van der Waals surface area contributed by atoms with Crippen molar-refractivity contribution in [3.05, 3.63) is 0 Å². The molecule has 19 heavy (non-hydrogen) atoms. The predicted octanol–water partition coefficient (Wildman–Crippen LogP) is 0.0452. The molecule has 0 bridgehead atoms. The van der Waals surface area contributed by atoms with Gasteiger partial charge in [-0.2, -0.15) is 0 Å². The lowest BCUT2D eigenvalue weighted by atomic mass is 9.98. The summed E-state index contributed by atoms with van der Waals surface area (Å²) in [6.45, 7) is 7.88. The second kappa shape index (κ2) is 6.68. The highest BCUT2D eigenvalue weighted by atomic mass is 16.3. The smallest absolute Gasteiger partial charge is 0.236 e. The molecule has 2 N–H and O–H groups in total. The average Bonchev–Trinajstić information content (AvgIpc) is 2.69. The minimum absolute atomic E-state index is 0.222. The molecule has 2 saturated heterocycles. The summed E-state index contributed by atoms with van der Waals surface area (Å²) in [6, 6.07) is 0. The molecule has 2 aliphatic heterocycles. The fourth-order valence-corrected chi connectivity index (χ4v) is 2.86. The minimum Gasteiger partial charge on any atom is -0.390 e. The summed E-state index contributed by atoms with van der Waals surface area (Å²) in [5.41, 5.74) is -0.596. The first-order valence-electron chi connectivity index (χ1n) is 7.50. The molecule has 2 rings (SSSR count). The zero-order valence-corrected chi connectivity index (χ0v) is 12.0. The first kappa shape index (κ1) is 14.8. The summed E-state index contributed by atoms with van der Waals surface area (Å²) < 4.78 is 0. The van der Waals surface area contributed by atoms with Gasteiger partial charge in [-0.25, -0.2) is 0 Å². The number of hydrogen-bond acceptors (Lipinski definition) is 4. The van der Waals surface area contributed by atoms with Crippen molar-refractivity contribution in [2.75, 3.05) is 45.8 Å². The highest BCUT2D eigenvalue weighted by Gasteiger charge is 2.27. The van der Waals surface area contributed by atoms with Gasteiger partial charge in [0.25, 0.3) is 0 Å². The van der Waals surface area contributed by atoms with Crippen LogP contribution >= 0.6 is 0 Å². The van der Waals surface area contributed by atoms with Crippen LogP contribution in [0, 0.1) is 0 Å². The van der Waals surface area contributed by atoms with Gasteiger partial charge in [-0.05, 0) is 45.7 Å². The monoisotopic (exact) mass is 269 g/mol. The molecule has 1 unspecified atom stereocenters. The first-order chi connectivity index (χ1) is 9.07. The van der Waals surface area contributed by atoms with Crippen molar-refractivity contribution >= 4 is 5.91 Å². The van der Waals surface area contributed by atoms with Crippen molar-refractivity contribution in [3.63, 3.8) is 0 Å². The van der Waals surface area contributed by atoms with Gasteiger partial charge in [0.05, 0.1) is 12.1 Å². The normalized spacial score (nSPS) is 30.7. The summed E-state index contributed by atoms with van der Waals surface area (Å²) >= 11 is 0. The SMILES string of the molecule is CC1(O)CCCN(C(=O)CN2CCCNCC2)CC1. The third-order valence-electron chi connectivity index (χ3n) is 4.21. The van der Waals surface area contributed by atoms with Crippen LogP contribution in [0.25, 0.3) is 0 Å². The Labute approximate surface area is 115 Å². The number of carbonyl (C=O) groups is 1. The largest absolute Gasteiger partial charge is 0.390 e. The van der Waals surface area contributed by atoms with Crippen LogP contribution < -0.4 is 5.32 Å². The van der Waals surface area contributed by atoms with E-state index in [0.717, 1.165) is 52.0 Å². The van der Waals surface area contributed by atoms with Crippen molar-refractivity contribution < 1.29 is 9.90 Å². The Balaban J connectivity index is 1.81. The Morgan fingerprint density at radius 2 is 2.00 bits per heavy atom. The first-order valence-corrected chi connectivity index (χ1v) is 7.50. The van der Waals surface area contributed by atoms with Gasteiger partial charge in [0, 0.05) is 26.2 Å². The van der Waals surface area contributed by atoms with Gasteiger partial charge in [0.2, 0.25) is 5.91 Å². The van der Waals surface area contributed by atoms with Gasteiger partial charge in [-0.1, -0.05) is 0 Å². The summed E-state index contributed by atoms with van der Waals surface area (Å²) in [7, 11) is 0. The van der Waals surface area contributed by atoms with E-state index in [2.05, 4.69) is 10.2 Å². The van der Waals surface area contributed by atoms with E-state index >= 15 is 0 Å². The molecule has 0 radical (unpaired) electrons. The maximum Gasteiger partial charge on any atom is 0.236 e. The predicted molar refractivity (Wildman–Crippen MR) is 75.0 cm³/mol. The van der Waals surface area contributed by atoms with E-state index in [4.69, 9.17) is 0 Å². The van der Waals surface area contributed by atoms with Crippen LogP contribution in [-0.4, -0.2) is 72.2 Å². The third-order valence-corrected chi connectivity index (χ3v) is 4.21. The quantitative estimate of drug-likeness (QED) is 0.743. The number of carbonyl (C=O) groups excluding carboxylic acids is 1. The lowest BCUT2D eigenvalue weighted by molar-refractivity contribution is -0.132. The van der Waals surface area contributed by atoms with E-state index in [1.165, 1.54) is 0 Å². The number of nitrogens with zero attached hydrogens (tertiary/aromatic N) is 2. The van der Waals surface area contributed by atoms with Crippen LogP contribution in [0.1, 0.15) is 32.6 Å². The molecule has 1 atom stereocenters. The molecule has 110 valence electrons. The molecule has 5 heteroatoms. The van der Waals surface area contributed by atoms with E-state index in [-0.39, 0.29) is 5.91 Å². The molecular weight excluding hydrogens is 242 g/mol. The summed E-state index contributed by atoms with van der Waals surface area (Å²) in [5.74, 6) is 0.222. The standard InChI is InChI=1S/C14H27N3O2/c1-14(19)4-2-9-17(10-5-14)13(18)12-16-8-3-6-15-7-11-16/h15,19H,2-12H2,1H3. The van der Waals surface area contributed by atoms with Crippen LogP contribution in [0.4, 0.5) is 0 Å². The van der Waals surface area contributed by atoms with Crippen LogP contribution in [-0.2, 0) is 4.79 Å². The van der Waals surface area contributed by atoms with Crippen LogP contribution in [0.2, 0.25) is 0 Å². The van der Waals surface area contributed by atoms with Gasteiger partial charge >= 0.3 is 0 Å². The molecule has 0 aliphatic carbocycles. The number of hydrogen-bond donors (Lipinski definition) is 2. The molecule has 0 spiro atoms. The zero-order valence-electron chi connectivity index (χ0n) is 12.0. The lowest BCUT2D eigenvalue weighted by Gasteiger charge is -2.26. The van der Waals surface area contributed by atoms with E-state index < -0.39 is 5.60 Å². The number of amides is 1. The summed E-state index contributed by atoms with van der Waals surface area (Å²) in [6.07, 6.45) is 3.51. The van der Waals surface area contributed by atoms with E-state index in [1.54, 1.807) is 0 Å². The molecule has 2 heterocycles. The van der Waals surface area contributed by atoms with Gasteiger partial charge in [-0.15, -0.1) is 0 Å². The maximum absolute atomic E-state index is 12.3. The summed E-state index contributed by atoms with van der Waals surface area (Å²) in [4.78, 5) is 16.5. The molecular formula is C14H27N3O2. The Bertz CT molecular complexity index is 299. The molecule has 1 amide bonds. The van der Waals surface area contributed by atoms with Gasteiger partial charge < -0.3 is 15.3 Å². The van der Waals surface area contributed by atoms with Gasteiger partial charge in [-0.3, -0.25) is 9.69 Å². The van der Waals surface area contributed by atoms with Crippen molar-refractivity contribution in [3.8, 4) is 0 Å². The highest BCUT2D eigenvalue weighted by Crippen LogP contribution is 2.21. The number of rotatable bonds is 2. The van der Waals surface area contributed by atoms with Crippen molar-refractivity contribution in [2.45, 2.75) is 38.2 Å². The second-order valence-electron chi connectivity index (χ2n) is 6.11. The molecule has 0 aromatic rings. The molecule has 5 nitrogen and oxygen atoms in total. The van der Waals surface area contributed by atoms with E-state index in [9.17, 15) is 9.90 Å². The van der Waals surface area contributed by atoms with Gasteiger partial charge in [0.1, 0.15) is 0 Å². The Morgan fingerprint density at radius 3 is 2.84 bits per heavy atom. The van der Waals surface area contributed by atoms with Crippen LogP contribution in [0.15, 0.2) is 0 Å². The fraction of sp³-hybridized carbons (Fsp3) is 0.929. The van der Waals surface area contributed by atoms with E-state index in [1.807, 2.05) is 11.8 Å². The van der Waals surface area contributed by atoms with Crippen LogP contribution in [0.3, 0.4) is 0 Å². The minimum atomic E-state index is -0.596. The molecule has 0 aromatic carbocycles. The van der Waals surface area contributed by atoms with Crippen LogP contribution in [0.5, 0.6) is 0 Å². The molecule has 0 saturated carbocycles. The van der Waals surface area contributed by atoms with Crippen molar-refractivity contribution in [1.29, 1.82) is 0 Å². The molecule has 2 fully saturated rings. The lowest BCUT2D eigenvalue weighted by Crippen LogP contribution is -2.42. The highest BCUT2D eigenvalue weighted by molar-refractivity contribution is 5.78. The Morgan fingerprint density at radius 1 is 1.16 bits per heavy atom. The number of aliphatic hydroxyl groups is 1. The summed E-state index contributed by atoms with van der Waals surface area (Å²) in [5, 5.41) is 13.4. The molecule has 2 aliphatic rings. The number of likely N-dealkylation sites (tertiary alicyclic amines) is 1. The zero-order chi connectivity index (χ0) is 13.7. The average molecular weight is 269 g/mol. The Kier molecular flexibility index (Phi) is 5.19. The fourth-order valence-electron chi connectivity index (χ4n) is 2.86. The topological polar surface area (TPSA) is 55.8 Å². The third kappa shape index (κ3) is 4.75. The Hall–Kier alpha value is -0.650. The number of nitrogens with one attached hydrogen (secondary N) is 1. The van der Waals surface area contributed by atoms with E-state index in [0.29, 0.717) is 19.5 Å². The van der Waals surface area contributed by atoms with Crippen molar-refractivity contribution in [1.82, 2.24) is 15.1 Å². The molecule has 0 aromatic heterocycles. The maximum atomic E-state index is 12.3.